The van der Waals surface area contributed by atoms with Crippen LogP contribution in [0.5, 0.6) is 0 Å². The number of ketones is 1. The van der Waals surface area contributed by atoms with Crippen molar-refractivity contribution in [2.24, 2.45) is 17.8 Å². The Kier molecular flexibility index (Phi) is 7.17. The van der Waals surface area contributed by atoms with Gasteiger partial charge in [-0.05, 0) is 66.6 Å². The molecule has 1 aliphatic heterocycles. The number of fused-ring (bicyclic) bond motifs is 2. The van der Waals surface area contributed by atoms with Crippen molar-refractivity contribution in [1.29, 1.82) is 0 Å². The fourth-order valence-electron chi connectivity index (χ4n) is 5.67. The Morgan fingerprint density at radius 1 is 1.10 bits per heavy atom. The molecule has 0 bridgehead atoms. The number of esters is 1. The Morgan fingerprint density at radius 2 is 1.88 bits per heavy atom. The van der Waals surface area contributed by atoms with Crippen molar-refractivity contribution in [3.63, 3.8) is 0 Å². The van der Waals surface area contributed by atoms with Gasteiger partial charge in [0, 0.05) is 15.4 Å². The van der Waals surface area contributed by atoms with E-state index in [1.165, 1.54) is 16.2 Å². The van der Waals surface area contributed by atoms with Gasteiger partial charge in [-0.2, -0.15) is 0 Å². The third kappa shape index (κ3) is 4.93. The van der Waals surface area contributed by atoms with Crippen LogP contribution in [0.3, 0.4) is 0 Å². The van der Waals surface area contributed by atoms with Crippen molar-refractivity contribution >= 4 is 67.4 Å². The minimum Gasteiger partial charge on any atom is -0.454 e. The van der Waals surface area contributed by atoms with E-state index in [1.807, 2.05) is 32.1 Å². The second-order valence-corrected chi connectivity index (χ2v) is 12.2. The van der Waals surface area contributed by atoms with Crippen molar-refractivity contribution in [3.05, 3.63) is 92.6 Å². The second kappa shape index (κ2) is 10.8. The number of rotatable bonds is 6. The lowest BCUT2D eigenvalue weighted by atomic mass is 9.78. The molecule has 1 aliphatic carbocycles. The van der Waals surface area contributed by atoms with E-state index in [1.54, 1.807) is 53.9 Å². The third-order valence-corrected chi connectivity index (χ3v) is 9.08. The molecule has 3 atom stereocenters. The Morgan fingerprint density at radius 3 is 2.59 bits per heavy atom. The summed E-state index contributed by atoms with van der Waals surface area (Å²) in [4.78, 5) is 58.8. The fourth-order valence-corrected chi connectivity index (χ4v) is 6.90. The number of amides is 2. The minimum atomic E-state index is -0.628. The van der Waals surface area contributed by atoms with Crippen molar-refractivity contribution < 1.29 is 23.9 Å². The molecule has 6 rings (SSSR count). The number of pyridine rings is 1. The molecule has 0 radical (unpaired) electrons. The van der Waals surface area contributed by atoms with Crippen molar-refractivity contribution in [2.45, 2.75) is 20.3 Å². The van der Waals surface area contributed by atoms with Crippen LogP contribution in [0, 0.1) is 24.7 Å². The van der Waals surface area contributed by atoms with E-state index in [4.69, 9.17) is 9.72 Å². The predicted octanol–water partition coefficient (Wildman–Crippen LogP) is 6.78. The van der Waals surface area contributed by atoms with Gasteiger partial charge in [0.25, 0.3) is 0 Å². The number of imide groups is 1. The zero-order valence-electron chi connectivity index (χ0n) is 22.3. The summed E-state index contributed by atoms with van der Waals surface area (Å²) >= 11 is 4.79. The lowest BCUT2D eigenvalue weighted by molar-refractivity contribution is -0.122. The van der Waals surface area contributed by atoms with E-state index in [9.17, 15) is 19.2 Å². The molecule has 4 aromatic rings. The first-order valence-electron chi connectivity index (χ1n) is 13.2. The molecule has 206 valence electrons. The topological polar surface area (TPSA) is 93.6 Å². The SMILES string of the molecule is Cc1cc(Br)cc2c(C(=O)OCC(=O)c3cccs3)cc(-c3ccc(N4C(=O)C5CC=CC(C)C5C4=O)cc3)nc12. The molecular weight excluding hydrogens is 604 g/mol. The van der Waals surface area contributed by atoms with Crippen LogP contribution in [0.1, 0.15) is 38.9 Å². The Bertz CT molecular complexity index is 1750. The Hall–Kier alpha value is -3.95. The first-order valence-corrected chi connectivity index (χ1v) is 14.9. The van der Waals surface area contributed by atoms with Crippen LogP contribution in [0.15, 0.2) is 76.6 Å². The van der Waals surface area contributed by atoms with Gasteiger partial charge in [0.05, 0.1) is 39.2 Å². The van der Waals surface area contributed by atoms with Crippen LogP contribution in [0.4, 0.5) is 5.69 Å². The minimum absolute atomic E-state index is 0.0123. The zero-order valence-corrected chi connectivity index (χ0v) is 24.7. The molecular formula is C32H25BrN2O5S. The summed E-state index contributed by atoms with van der Waals surface area (Å²) in [7, 11) is 0. The van der Waals surface area contributed by atoms with Crippen LogP contribution < -0.4 is 4.90 Å². The molecule has 0 spiro atoms. The first-order chi connectivity index (χ1) is 19.7. The van der Waals surface area contributed by atoms with Crippen LogP contribution in [0.2, 0.25) is 0 Å². The summed E-state index contributed by atoms with van der Waals surface area (Å²) in [6.07, 6.45) is 4.56. The fraction of sp³-hybridized carbons (Fsp3) is 0.219. The highest BCUT2D eigenvalue weighted by atomic mass is 79.9. The molecule has 3 unspecified atom stereocenters. The normalized spacial score (nSPS) is 20.0. The van der Waals surface area contributed by atoms with Gasteiger partial charge in [-0.25, -0.2) is 9.78 Å². The van der Waals surface area contributed by atoms with Gasteiger partial charge in [0.15, 0.2) is 6.61 Å². The standard InChI is InChI=1S/C32H25BrN2O5S/c1-17-5-3-6-22-28(17)31(38)35(30(22)37)21-10-8-19(9-11-21)25-15-24(23-14-20(33)13-18(2)29(23)34-25)32(39)40-16-26(36)27-7-4-12-41-27/h3-5,7-15,17,22,28H,6,16H2,1-2H3. The van der Waals surface area contributed by atoms with Gasteiger partial charge in [-0.1, -0.05) is 53.2 Å². The molecule has 0 N–H and O–H groups in total. The highest BCUT2D eigenvalue weighted by Crippen LogP contribution is 2.41. The number of thiophene rings is 1. The Balaban J connectivity index is 1.32. The van der Waals surface area contributed by atoms with Gasteiger partial charge >= 0.3 is 5.97 Å². The maximum atomic E-state index is 13.3. The number of anilines is 1. The lowest BCUT2D eigenvalue weighted by Crippen LogP contribution is -2.31. The maximum absolute atomic E-state index is 13.3. The number of benzene rings is 2. The molecule has 2 amide bonds. The van der Waals surface area contributed by atoms with E-state index in [-0.39, 0.29) is 47.5 Å². The van der Waals surface area contributed by atoms with Crippen molar-refractivity contribution in [2.75, 3.05) is 11.5 Å². The van der Waals surface area contributed by atoms with E-state index in [0.717, 1.165) is 10.0 Å². The maximum Gasteiger partial charge on any atom is 0.339 e. The molecule has 41 heavy (non-hydrogen) atoms. The second-order valence-electron chi connectivity index (χ2n) is 10.4. The molecule has 9 heteroatoms. The smallest absolute Gasteiger partial charge is 0.339 e. The number of hydrogen-bond acceptors (Lipinski definition) is 7. The predicted molar refractivity (Wildman–Crippen MR) is 161 cm³/mol. The number of halogens is 1. The quantitative estimate of drug-likeness (QED) is 0.101. The number of Topliss-reactive ketones (excluding diaryl/α,β-unsaturated/α-hetero) is 1. The van der Waals surface area contributed by atoms with Gasteiger partial charge in [0.2, 0.25) is 17.6 Å². The molecule has 1 fully saturated rings. The molecule has 0 saturated carbocycles. The number of aryl methyl sites for hydroxylation is 1. The lowest BCUT2D eigenvalue weighted by Gasteiger charge is -2.22. The number of hydrogen-bond donors (Lipinski definition) is 0. The summed E-state index contributed by atoms with van der Waals surface area (Å²) in [5, 5.41) is 2.40. The number of ether oxygens (including phenoxy) is 1. The van der Waals surface area contributed by atoms with Crippen LogP contribution >= 0.6 is 27.3 Å². The number of carbonyl (C=O) groups excluding carboxylic acids is 4. The largest absolute Gasteiger partial charge is 0.454 e. The monoisotopic (exact) mass is 628 g/mol. The summed E-state index contributed by atoms with van der Waals surface area (Å²) in [5.74, 6) is -1.89. The molecule has 7 nitrogen and oxygen atoms in total. The van der Waals surface area contributed by atoms with Gasteiger partial charge < -0.3 is 4.74 Å². The summed E-state index contributed by atoms with van der Waals surface area (Å²) in [6.45, 7) is 3.51. The average Bonchev–Trinajstić information content (AvgIpc) is 3.59. The van der Waals surface area contributed by atoms with Gasteiger partial charge in [-0.3, -0.25) is 19.3 Å². The molecule has 2 aliphatic rings. The molecule has 3 heterocycles. The highest BCUT2D eigenvalue weighted by Gasteiger charge is 2.50. The van der Waals surface area contributed by atoms with Crippen molar-refractivity contribution in [3.8, 4) is 11.3 Å². The number of nitrogens with zero attached hydrogens (tertiary/aromatic N) is 2. The van der Waals surface area contributed by atoms with Crippen molar-refractivity contribution in [1.82, 2.24) is 4.98 Å². The average molecular weight is 630 g/mol. The third-order valence-electron chi connectivity index (χ3n) is 7.71. The number of carbonyl (C=O) groups is 4. The Labute approximate surface area is 249 Å². The summed E-state index contributed by atoms with van der Waals surface area (Å²) in [5.41, 5.74) is 3.51. The van der Waals surface area contributed by atoms with Crippen LogP contribution in [-0.4, -0.2) is 35.2 Å². The van der Waals surface area contributed by atoms with Crippen LogP contribution in [0.25, 0.3) is 22.2 Å². The first kappa shape index (κ1) is 27.2. The van der Waals surface area contributed by atoms with E-state index in [2.05, 4.69) is 15.9 Å². The number of aromatic nitrogens is 1. The van der Waals surface area contributed by atoms with Crippen LogP contribution in [-0.2, 0) is 14.3 Å². The van der Waals surface area contributed by atoms with E-state index < -0.39 is 5.97 Å². The highest BCUT2D eigenvalue weighted by molar-refractivity contribution is 9.10. The zero-order chi connectivity index (χ0) is 28.8. The molecule has 2 aromatic carbocycles. The molecule has 1 saturated heterocycles. The summed E-state index contributed by atoms with van der Waals surface area (Å²) < 4.78 is 6.23. The van der Waals surface area contributed by atoms with E-state index in [0.29, 0.717) is 39.1 Å². The van der Waals surface area contributed by atoms with Gasteiger partial charge in [-0.15, -0.1) is 11.3 Å². The van der Waals surface area contributed by atoms with Gasteiger partial charge in [0.1, 0.15) is 0 Å². The molecule has 2 aromatic heterocycles. The number of allylic oxidation sites excluding steroid dienone is 2. The summed E-state index contributed by atoms with van der Waals surface area (Å²) in [6, 6.07) is 15.9. The van der Waals surface area contributed by atoms with E-state index >= 15 is 0 Å².